The molecule has 4 nitrogen and oxygen atoms in total. The first-order chi connectivity index (χ1) is 14.8. The third kappa shape index (κ3) is 5.68. The highest BCUT2D eigenvalue weighted by molar-refractivity contribution is 7.92. The summed E-state index contributed by atoms with van der Waals surface area (Å²) in [6.07, 6.45) is -4.83. The number of rotatable bonds is 5. The third-order valence-electron chi connectivity index (χ3n) is 3.92. The van der Waals surface area contributed by atoms with E-state index in [-0.39, 0.29) is 31.6 Å². The Morgan fingerprint density at radius 3 is 1.91 bits per heavy atom. The third-order valence-corrected chi connectivity index (χ3v) is 6.59. The number of sulfonamides is 1. The minimum Gasteiger partial charge on any atom is -0.453 e. The van der Waals surface area contributed by atoms with Crippen LogP contribution < -0.4 is 9.46 Å². The first kappa shape index (κ1) is 25.1. The molecule has 0 spiro atoms. The van der Waals surface area contributed by atoms with Crippen LogP contribution in [0.2, 0.25) is 25.1 Å². The second kappa shape index (κ2) is 9.37. The highest BCUT2D eigenvalue weighted by Crippen LogP contribution is 2.42. The van der Waals surface area contributed by atoms with Crippen LogP contribution in [0.3, 0.4) is 0 Å². The number of hydrogen-bond donors (Lipinski definition) is 1. The molecule has 13 heteroatoms. The van der Waals surface area contributed by atoms with Crippen LogP contribution in [-0.2, 0) is 16.2 Å². The average Bonchev–Trinajstić information content (AvgIpc) is 2.64. The number of nitrogens with one attached hydrogen (secondary N) is 1. The van der Waals surface area contributed by atoms with Crippen molar-refractivity contribution in [3.05, 3.63) is 79.2 Å². The molecule has 0 amide bonds. The molecule has 0 aromatic heterocycles. The van der Waals surface area contributed by atoms with Gasteiger partial charge in [-0.2, -0.15) is 13.2 Å². The van der Waals surface area contributed by atoms with Crippen molar-refractivity contribution >= 4 is 73.7 Å². The van der Waals surface area contributed by atoms with Gasteiger partial charge in [0, 0.05) is 10.0 Å². The molecule has 0 fully saturated rings. The molecule has 0 aliphatic heterocycles. The molecular formula is C19H9Cl5F3NO3S. The maximum Gasteiger partial charge on any atom is 0.418 e. The fraction of sp³-hybridized carbons (Fsp3) is 0.0526. The molecule has 1 N–H and O–H groups in total. The van der Waals surface area contributed by atoms with Crippen LogP contribution in [0.25, 0.3) is 0 Å². The van der Waals surface area contributed by atoms with Gasteiger partial charge in [0.05, 0.1) is 31.2 Å². The zero-order valence-corrected chi connectivity index (χ0v) is 19.9. The zero-order valence-electron chi connectivity index (χ0n) is 15.3. The van der Waals surface area contributed by atoms with Gasteiger partial charge in [-0.05, 0) is 48.5 Å². The Balaban J connectivity index is 1.98. The Kier molecular flexibility index (Phi) is 7.34. The molecule has 3 rings (SSSR count). The van der Waals surface area contributed by atoms with Crippen molar-refractivity contribution in [2.24, 2.45) is 0 Å². The predicted octanol–water partition coefficient (Wildman–Crippen LogP) is 8.57. The number of halogens is 8. The summed E-state index contributed by atoms with van der Waals surface area (Å²) in [5.41, 5.74) is -1.98. The molecule has 3 aromatic carbocycles. The van der Waals surface area contributed by atoms with E-state index in [0.29, 0.717) is 11.1 Å². The molecule has 0 saturated carbocycles. The fourth-order valence-corrected chi connectivity index (χ4v) is 4.94. The van der Waals surface area contributed by atoms with E-state index in [4.69, 9.17) is 62.7 Å². The fourth-order valence-electron chi connectivity index (χ4n) is 2.51. The number of anilines is 1. The number of hydrogen-bond acceptors (Lipinski definition) is 3. The summed E-state index contributed by atoms with van der Waals surface area (Å²) in [5, 5.41) is -0.0673. The molecule has 0 aliphatic carbocycles. The topological polar surface area (TPSA) is 55.4 Å². The van der Waals surface area contributed by atoms with Gasteiger partial charge in [0.2, 0.25) is 0 Å². The summed E-state index contributed by atoms with van der Waals surface area (Å²) in [7, 11) is -4.54. The number of benzene rings is 3. The lowest BCUT2D eigenvalue weighted by Crippen LogP contribution is -2.17. The molecule has 0 atom stereocenters. The summed E-state index contributed by atoms with van der Waals surface area (Å²) >= 11 is 29.9. The van der Waals surface area contributed by atoms with Gasteiger partial charge in [0.25, 0.3) is 10.0 Å². The van der Waals surface area contributed by atoms with E-state index in [9.17, 15) is 21.6 Å². The normalized spacial score (nSPS) is 12.0. The van der Waals surface area contributed by atoms with Gasteiger partial charge in [0.15, 0.2) is 5.75 Å². The Labute approximate surface area is 205 Å². The van der Waals surface area contributed by atoms with Gasteiger partial charge in [-0.3, -0.25) is 4.72 Å². The lowest BCUT2D eigenvalue weighted by Gasteiger charge is -2.16. The van der Waals surface area contributed by atoms with Crippen molar-refractivity contribution in [3.8, 4) is 11.5 Å². The van der Waals surface area contributed by atoms with E-state index in [1.165, 1.54) is 18.2 Å². The van der Waals surface area contributed by atoms with Crippen LogP contribution in [0, 0.1) is 0 Å². The minimum absolute atomic E-state index is 0.102. The maximum absolute atomic E-state index is 13.2. The van der Waals surface area contributed by atoms with E-state index < -0.39 is 32.3 Å². The molecule has 0 unspecified atom stereocenters. The second-order valence-electron chi connectivity index (χ2n) is 6.19. The van der Waals surface area contributed by atoms with Crippen molar-refractivity contribution in [1.82, 2.24) is 0 Å². The molecule has 32 heavy (non-hydrogen) atoms. The van der Waals surface area contributed by atoms with Gasteiger partial charge >= 0.3 is 6.18 Å². The smallest absolute Gasteiger partial charge is 0.418 e. The van der Waals surface area contributed by atoms with Crippen LogP contribution in [0.1, 0.15) is 5.56 Å². The van der Waals surface area contributed by atoms with Gasteiger partial charge in [-0.25, -0.2) is 8.42 Å². The molecule has 3 aromatic rings. The van der Waals surface area contributed by atoms with E-state index in [1.807, 2.05) is 4.72 Å². The van der Waals surface area contributed by atoms with E-state index in [2.05, 4.69) is 0 Å². The molecular weight excluding hydrogens is 557 g/mol. The van der Waals surface area contributed by atoms with Crippen LogP contribution in [0.15, 0.2) is 53.4 Å². The SMILES string of the molecule is O=S(=O)(Nc1cc(Cl)ccc1C(F)(F)F)c1cc(Cl)c(Oc2ccc(Cl)cc2Cl)c(Cl)c1. The Hall–Kier alpha value is -1.55. The molecule has 0 aliphatic rings. The van der Waals surface area contributed by atoms with E-state index >= 15 is 0 Å². The minimum atomic E-state index is -4.83. The maximum atomic E-state index is 13.2. The largest absolute Gasteiger partial charge is 0.453 e. The average molecular weight is 566 g/mol. The molecule has 170 valence electrons. The highest BCUT2D eigenvalue weighted by Gasteiger charge is 2.35. The standard InChI is InChI=1S/C19H9Cl5F3NO3S/c20-9-2-4-17(13(22)5-9)31-18-14(23)7-11(8-15(18)24)32(29,30)28-16-6-10(21)1-3-12(16)19(25,26)27/h1-8,28H. The first-order valence-corrected chi connectivity index (χ1v) is 11.7. The van der Waals surface area contributed by atoms with Crippen LogP contribution in [0.4, 0.5) is 18.9 Å². The molecule has 0 radical (unpaired) electrons. The lowest BCUT2D eigenvalue weighted by atomic mass is 10.2. The van der Waals surface area contributed by atoms with E-state index in [1.54, 1.807) is 0 Å². The predicted molar refractivity (Wildman–Crippen MR) is 120 cm³/mol. The Bertz CT molecular complexity index is 1280. The second-order valence-corrected chi connectivity index (χ2v) is 9.96. The Morgan fingerprint density at radius 1 is 0.781 bits per heavy atom. The van der Waals surface area contributed by atoms with Crippen molar-refractivity contribution in [2.75, 3.05) is 4.72 Å². The lowest BCUT2D eigenvalue weighted by molar-refractivity contribution is -0.136. The molecule has 0 saturated heterocycles. The van der Waals surface area contributed by atoms with Gasteiger partial charge in [0.1, 0.15) is 5.75 Å². The summed E-state index contributed by atoms with van der Waals surface area (Å²) in [5.74, 6) is 0.0255. The highest BCUT2D eigenvalue weighted by atomic mass is 35.5. The van der Waals surface area contributed by atoms with Crippen molar-refractivity contribution in [3.63, 3.8) is 0 Å². The van der Waals surface area contributed by atoms with Crippen molar-refractivity contribution in [2.45, 2.75) is 11.1 Å². The van der Waals surface area contributed by atoms with Crippen molar-refractivity contribution < 1.29 is 26.3 Å². The first-order valence-electron chi connectivity index (χ1n) is 8.29. The Morgan fingerprint density at radius 2 is 1.34 bits per heavy atom. The van der Waals surface area contributed by atoms with Gasteiger partial charge in [-0.1, -0.05) is 58.0 Å². The van der Waals surface area contributed by atoms with Crippen LogP contribution in [-0.4, -0.2) is 8.42 Å². The molecule has 0 heterocycles. The van der Waals surface area contributed by atoms with Gasteiger partial charge < -0.3 is 4.74 Å². The summed E-state index contributed by atoms with van der Waals surface area (Å²) < 4.78 is 72.6. The monoisotopic (exact) mass is 563 g/mol. The zero-order chi connectivity index (χ0) is 23.8. The summed E-state index contributed by atoms with van der Waals surface area (Å²) in [6.45, 7) is 0. The molecule has 0 bridgehead atoms. The van der Waals surface area contributed by atoms with Crippen LogP contribution >= 0.6 is 58.0 Å². The quantitative estimate of drug-likeness (QED) is 0.337. The van der Waals surface area contributed by atoms with Gasteiger partial charge in [-0.15, -0.1) is 0 Å². The number of alkyl halides is 3. The summed E-state index contributed by atoms with van der Waals surface area (Å²) in [6, 6.07) is 8.77. The van der Waals surface area contributed by atoms with Crippen LogP contribution in [0.5, 0.6) is 11.5 Å². The summed E-state index contributed by atoms with van der Waals surface area (Å²) in [4.78, 5) is -0.504. The van der Waals surface area contributed by atoms with Crippen molar-refractivity contribution in [1.29, 1.82) is 0 Å². The van der Waals surface area contributed by atoms with E-state index in [0.717, 1.165) is 24.3 Å². The number of ether oxygens (including phenoxy) is 1.